The van der Waals surface area contributed by atoms with Crippen LogP contribution in [-0.4, -0.2) is 37.5 Å². The lowest BCUT2D eigenvalue weighted by Crippen LogP contribution is -2.30. The van der Waals surface area contributed by atoms with Crippen LogP contribution in [0.4, 0.5) is 0 Å². The first-order chi connectivity index (χ1) is 8.43. The van der Waals surface area contributed by atoms with E-state index in [1.807, 2.05) is 0 Å². The zero-order valence-corrected chi connectivity index (χ0v) is 11.0. The van der Waals surface area contributed by atoms with E-state index < -0.39 is 9.84 Å². The minimum absolute atomic E-state index is 0.0463. The fourth-order valence-corrected chi connectivity index (χ4v) is 2.11. The van der Waals surface area contributed by atoms with Crippen LogP contribution in [0.15, 0.2) is 24.3 Å². The lowest BCUT2D eigenvalue weighted by atomic mass is 10.1. The number of amides is 1. The summed E-state index contributed by atoms with van der Waals surface area (Å²) < 4.78 is 22.4. The van der Waals surface area contributed by atoms with Gasteiger partial charge in [-0.25, -0.2) is 8.42 Å². The quantitative estimate of drug-likeness (QED) is 0.788. The van der Waals surface area contributed by atoms with E-state index in [0.717, 1.165) is 0 Å². The number of carbonyl (C=O) groups excluding carboxylic acids is 1. The number of nitrogens with one attached hydrogen (secondary N) is 1. The summed E-state index contributed by atoms with van der Waals surface area (Å²) in [6, 6.07) is 6.40. The number of benzene rings is 1. The van der Waals surface area contributed by atoms with Gasteiger partial charge in [0.2, 0.25) is 5.91 Å². The zero-order valence-electron chi connectivity index (χ0n) is 10.2. The number of hydrogen-bond acceptors (Lipinski definition) is 4. The maximum Gasteiger partial charge on any atom is 0.224 e. The summed E-state index contributed by atoms with van der Waals surface area (Å²) in [5.74, 6) is -0.120. The number of sulfone groups is 1. The molecule has 0 aliphatic rings. The lowest BCUT2D eigenvalue weighted by molar-refractivity contribution is -0.120. The Labute approximate surface area is 107 Å². The maximum absolute atomic E-state index is 11.5. The standard InChI is InChI=1S/C12H17NO4S/c1-2-18(16,17)7-6-13-12(15)9-10-4-3-5-11(14)8-10/h3-5,8,14H,2,6-7,9H2,1H3,(H,13,15). The summed E-state index contributed by atoms with van der Waals surface area (Å²) in [5, 5.41) is 11.8. The van der Waals surface area contributed by atoms with Gasteiger partial charge < -0.3 is 10.4 Å². The molecule has 2 N–H and O–H groups in total. The van der Waals surface area contributed by atoms with Crippen molar-refractivity contribution in [3.05, 3.63) is 29.8 Å². The van der Waals surface area contributed by atoms with Gasteiger partial charge in [0.1, 0.15) is 5.75 Å². The SMILES string of the molecule is CCS(=O)(=O)CCNC(=O)Cc1cccc(O)c1. The Morgan fingerprint density at radius 2 is 2.11 bits per heavy atom. The van der Waals surface area contributed by atoms with E-state index in [0.29, 0.717) is 5.56 Å². The van der Waals surface area contributed by atoms with Gasteiger partial charge in [-0.05, 0) is 17.7 Å². The first kappa shape index (κ1) is 14.5. The molecule has 0 unspecified atom stereocenters. The summed E-state index contributed by atoms with van der Waals surface area (Å²) in [7, 11) is -3.05. The molecule has 0 aromatic heterocycles. The van der Waals surface area contributed by atoms with E-state index in [1.54, 1.807) is 19.1 Å². The zero-order chi connectivity index (χ0) is 13.6. The molecule has 0 aliphatic carbocycles. The minimum atomic E-state index is -3.05. The molecule has 0 fully saturated rings. The van der Waals surface area contributed by atoms with Crippen LogP contribution in [-0.2, 0) is 21.1 Å². The molecular formula is C12H17NO4S. The van der Waals surface area contributed by atoms with Gasteiger partial charge >= 0.3 is 0 Å². The average molecular weight is 271 g/mol. The maximum atomic E-state index is 11.5. The van der Waals surface area contributed by atoms with Gasteiger partial charge in [0.15, 0.2) is 9.84 Å². The molecule has 0 radical (unpaired) electrons. The Kier molecular flexibility index (Phi) is 5.15. The van der Waals surface area contributed by atoms with E-state index >= 15 is 0 Å². The first-order valence-corrected chi connectivity index (χ1v) is 7.50. The largest absolute Gasteiger partial charge is 0.508 e. The molecule has 0 heterocycles. The summed E-state index contributed by atoms with van der Waals surface area (Å²) in [6.45, 7) is 1.69. The van der Waals surface area contributed by atoms with Crippen LogP contribution in [0.25, 0.3) is 0 Å². The van der Waals surface area contributed by atoms with Crippen LogP contribution in [0.2, 0.25) is 0 Å². The van der Waals surface area contributed by atoms with E-state index in [-0.39, 0.29) is 36.1 Å². The van der Waals surface area contributed by atoms with E-state index in [9.17, 15) is 18.3 Å². The molecule has 100 valence electrons. The average Bonchev–Trinajstić information content (AvgIpc) is 2.28. The van der Waals surface area contributed by atoms with Crippen molar-refractivity contribution in [1.82, 2.24) is 5.32 Å². The molecule has 0 saturated carbocycles. The number of carbonyl (C=O) groups is 1. The third-order valence-corrected chi connectivity index (χ3v) is 4.16. The Morgan fingerprint density at radius 3 is 2.72 bits per heavy atom. The highest BCUT2D eigenvalue weighted by atomic mass is 32.2. The molecule has 0 saturated heterocycles. The second kappa shape index (κ2) is 6.39. The van der Waals surface area contributed by atoms with Gasteiger partial charge in [0, 0.05) is 12.3 Å². The number of hydrogen-bond donors (Lipinski definition) is 2. The van der Waals surface area contributed by atoms with Gasteiger partial charge in [-0.1, -0.05) is 19.1 Å². The monoisotopic (exact) mass is 271 g/mol. The van der Waals surface area contributed by atoms with Crippen molar-refractivity contribution in [2.75, 3.05) is 18.1 Å². The van der Waals surface area contributed by atoms with Crippen LogP contribution in [0.3, 0.4) is 0 Å². The van der Waals surface area contributed by atoms with Crippen LogP contribution in [0.1, 0.15) is 12.5 Å². The first-order valence-electron chi connectivity index (χ1n) is 5.68. The summed E-state index contributed by atoms with van der Waals surface area (Å²) in [6.07, 6.45) is 0.126. The van der Waals surface area contributed by atoms with Gasteiger partial charge in [0.25, 0.3) is 0 Å². The fourth-order valence-electron chi connectivity index (χ4n) is 1.40. The molecule has 0 bridgehead atoms. The molecule has 1 rings (SSSR count). The van der Waals surface area contributed by atoms with Crippen LogP contribution in [0, 0.1) is 0 Å². The van der Waals surface area contributed by atoms with Crippen molar-refractivity contribution in [3.63, 3.8) is 0 Å². The predicted octanol–water partition coefficient (Wildman–Crippen LogP) is 0.486. The highest BCUT2D eigenvalue weighted by Gasteiger charge is 2.08. The number of phenolic OH excluding ortho intramolecular Hbond substituents is 1. The third kappa shape index (κ3) is 5.18. The predicted molar refractivity (Wildman–Crippen MR) is 69.1 cm³/mol. The van der Waals surface area contributed by atoms with Gasteiger partial charge in [-0.15, -0.1) is 0 Å². The molecule has 0 atom stereocenters. The highest BCUT2D eigenvalue weighted by molar-refractivity contribution is 7.91. The molecule has 18 heavy (non-hydrogen) atoms. The second-order valence-electron chi connectivity index (χ2n) is 3.93. The summed E-state index contributed by atoms with van der Waals surface area (Å²) in [4.78, 5) is 11.5. The summed E-state index contributed by atoms with van der Waals surface area (Å²) >= 11 is 0. The van der Waals surface area contributed by atoms with Crippen LogP contribution in [0.5, 0.6) is 5.75 Å². The van der Waals surface area contributed by atoms with Crippen molar-refractivity contribution in [3.8, 4) is 5.75 Å². The Balaban J connectivity index is 2.39. The topological polar surface area (TPSA) is 83.5 Å². The van der Waals surface area contributed by atoms with E-state index in [4.69, 9.17) is 0 Å². The van der Waals surface area contributed by atoms with Gasteiger partial charge in [0.05, 0.1) is 12.2 Å². The smallest absolute Gasteiger partial charge is 0.224 e. The Bertz CT molecular complexity index is 511. The number of aromatic hydroxyl groups is 1. The van der Waals surface area contributed by atoms with Crippen molar-refractivity contribution in [2.45, 2.75) is 13.3 Å². The molecule has 1 aromatic carbocycles. The van der Waals surface area contributed by atoms with Crippen molar-refractivity contribution >= 4 is 15.7 Å². The van der Waals surface area contributed by atoms with Crippen molar-refractivity contribution < 1.29 is 18.3 Å². The normalized spacial score (nSPS) is 11.2. The Hall–Kier alpha value is -1.56. The molecule has 1 amide bonds. The van der Waals surface area contributed by atoms with Crippen molar-refractivity contribution in [2.24, 2.45) is 0 Å². The second-order valence-corrected chi connectivity index (χ2v) is 6.41. The molecule has 1 aromatic rings. The third-order valence-electron chi connectivity index (χ3n) is 2.45. The molecule has 5 nitrogen and oxygen atoms in total. The van der Waals surface area contributed by atoms with Gasteiger partial charge in [-0.3, -0.25) is 4.79 Å². The van der Waals surface area contributed by atoms with E-state index in [1.165, 1.54) is 12.1 Å². The molecule has 0 aliphatic heterocycles. The Morgan fingerprint density at radius 1 is 1.39 bits per heavy atom. The fraction of sp³-hybridized carbons (Fsp3) is 0.417. The van der Waals surface area contributed by atoms with Crippen LogP contribution < -0.4 is 5.32 Å². The molecular weight excluding hydrogens is 254 g/mol. The number of phenols is 1. The van der Waals surface area contributed by atoms with Gasteiger partial charge in [-0.2, -0.15) is 0 Å². The summed E-state index contributed by atoms with van der Waals surface area (Å²) in [5.41, 5.74) is 0.686. The molecule has 6 heteroatoms. The highest BCUT2D eigenvalue weighted by Crippen LogP contribution is 2.11. The van der Waals surface area contributed by atoms with E-state index in [2.05, 4.69) is 5.32 Å². The van der Waals surface area contributed by atoms with Crippen LogP contribution >= 0.6 is 0 Å². The number of rotatable bonds is 6. The molecule has 0 spiro atoms. The lowest BCUT2D eigenvalue weighted by Gasteiger charge is -2.05. The minimum Gasteiger partial charge on any atom is -0.508 e. The van der Waals surface area contributed by atoms with Crippen molar-refractivity contribution in [1.29, 1.82) is 0 Å².